The highest BCUT2D eigenvalue weighted by Crippen LogP contribution is 2.32. The van der Waals surface area contributed by atoms with Crippen LogP contribution < -0.4 is 5.32 Å². The first-order valence-corrected chi connectivity index (χ1v) is 7.85. The van der Waals surface area contributed by atoms with E-state index in [4.69, 9.17) is 23.2 Å². The average Bonchev–Trinajstić information content (AvgIpc) is 2.78. The standard InChI is InChI=1S/C14H16Cl2N2S/c1-3-5-17-13(14-9(2)4-6-19-14)12-11(16)7-10(15)8-18-12/h4,6-8,13,17H,3,5H2,1-2H3. The molecule has 0 bridgehead atoms. The van der Waals surface area contributed by atoms with Crippen molar-refractivity contribution in [3.05, 3.63) is 49.9 Å². The van der Waals surface area contributed by atoms with Gasteiger partial charge in [0.05, 0.1) is 21.8 Å². The van der Waals surface area contributed by atoms with Crippen LogP contribution in [0.2, 0.25) is 10.0 Å². The summed E-state index contributed by atoms with van der Waals surface area (Å²) in [5.74, 6) is 0. The van der Waals surface area contributed by atoms with E-state index in [0.717, 1.165) is 18.7 Å². The summed E-state index contributed by atoms with van der Waals surface area (Å²) in [5, 5.41) is 6.77. The molecule has 19 heavy (non-hydrogen) atoms. The molecular formula is C14H16Cl2N2S. The Bertz CT molecular complexity index is 554. The molecule has 2 nitrogen and oxygen atoms in total. The van der Waals surface area contributed by atoms with Gasteiger partial charge in [-0.05, 0) is 43.0 Å². The lowest BCUT2D eigenvalue weighted by Crippen LogP contribution is -2.24. The summed E-state index contributed by atoms with van der Waals surface area (Å²) in [5.41, 5.74) is 2.09. The largest absolute Gasteiger partial charge is 0.304 e. The lowest BCUT2D eigenvalue weighted by molar-refractivity contribution is 0.592. The van der Waals surface area contributed by atoms with E-state index in [9.17, 15) is 0 Å². The number of hydrogen-bond acceptors (Lipinski definition) is 3. The highest BCUT2D eigenvalue weighted by atomic mass is 35.5. The molecule has 1 N–H and O–H groups in total. The quantitative estimate of drug-likeness (QED) is 0.853. The Kier molecular flexibility index (Phi) is 5.22. The third kappa shape index (κ3) is 3.48. The van der Waals surface area contributed by atoms with Crippen LogP contribution in [-0.2, 0) is 0 Å². The van der Waals surface area contributed by atoms with Gasteiger partial charge in [0.2, 0.25) is 0 Å². The van der Waals surface area contributed by atoms with Crippen LogP contribution in [0.3, 0.4) is 0 Å². The number of thiophene rings is 1. The van der Waals surface area contributed by atoms with Gasteiger partial charge in [-0.1, -0.05) is 30.1 Å². The molecule has 0 radical (unpaired) electrons. The molecule has 1 atom stereocenters. The van der Waals surface area contributed by atoms with Crippen LogP contribution in [0.15, 0.2) is 23.7 Å². The molecule has 102 valence electrons. The second-order valence-electron chi connectivity index (χ2n) is 4.38. The molecule has 0 aliphatic heterocycles. The van der Waals surface area contributed by atoms with Gasteiger partial charge in [0, 0.05) is 11.1 Å². The number of rotatable bonds is 5. The fraction of sp³-hybridized carbons (Fsp3) is 0.357. The van der Waals surface area contributed by atoms with Crippen LogP contribution in [0.4, 0.5) is 0 Å². The number of nitrogens with zero attached hydrogens (tertiary/aromatic N) is 1. The molecule has 0 fully saturated rings. The van der Waals surface area contributed by atoms with E-state index < -0.39 is 0 Å². The lowest BCUT2D eigenvalue weighted by Gasteiger charge is -2.19. The van der Waals surface area contributed by atoms with Crippen LogP contribution in [0.1, 0.15) is 35.5 Å². The van der Waals surface area contributed by atoms with Crippen molar-refractivity contribution in [1.29, 1.82) is 0 Å². The van der Waals surface area contributed by atoms with Gasteiger partial charge < -0.3 is 5.32 Å². The Morgan fingerprint density at radius 2 is 2.21 bits per heavy atom. The molecule has 0 amide bonds. The first-order valence-electron chi connectivity index (χ1n) is 6.21. The van der Waals surface area contributed by atoms with Gasteiger partial charge in [0.15, 0.2) is 0 Å². The van der Waals surface area contributed by atoms with Crippen molar-refractivity contribution in [2.24, 2.45) is 0 Å². The van der Waals surface area contributed by atoms with Crippen molar-refractivity contribution < 1.29 is 0 Å². The van der Waals surface area contributed by atoms with Gasteiger partial charge in [-0.15, -0.1) is 11.3 Å². The first kappa shape index (κ1) is 14.8. The van der Waals surface area contributed by atoms with Crippen molar-refractivity contribution >= 4 is 34.5 Å². The monoisotopic (exact) mass is 314 g/mol. The SMILES string of the molecule is CCCNC(c1ncc(Cl)cc1Cl)c1sccc1C. The molecule has 0 spiro atoms. The summed E-state index contributed by atoms with van der Waals surface area (Å²) in [6, 6.07) is 3.89. The van der Waals surface area contributed by atoms with Crippen LogP contribution in [0, 0.1) is 6.92 Å². The van der Waals surface area contributed by atoms with E-state index in [2.05, 4.69) is 35.6 Å². The van der Waals surface area contributed by atoms with Gasteiger partial charge in [0.25, 0.3) is 0 Å². The summed E-state index contributed by atoms with van der Waals surface area (Å²) in [4.78, 5) is 5.66. The molecule has 2 rings (SSSR count). The minimum absolute atomic E-state index is 0.0321. The predicted molar refractivity (Wildman–Crippen MR) is 83.4 cm³/mol. The number of pyridine rings is 1. The maximum atomic E-state index is 6.29. The molecule has 2 heterocycles. The van der Waals surface area contributed by atoms with E-state index in [1.54, 1.807) is 23.6 Å². The smallest absolute Gasteiger partial charge is 0.0862 e. The maximum absolute atomic E-state index is 6.29. The third-order valence-electron chi connectivity index (χ3n) is 2.87. The average molecular weight is 315 g/mol. The Hall–Kier alpha value is -0.610. The molecule has 0 aliphatic rings. The zero-order chi connectivity index (χ0) is 13.8. The Balaban J connectivity index is 2.40. The van der Waals surface area contributed by atoms with Crippen LogP contribution >= 0.6 is 34.5 Å². The third-order valence-corrected chi connectivity index (χ3v) is 4.47. The van der Waals surface area contributed by atoms with E-state index in [-0.39, 0.29) is 6.04 Å². The topological polar surface area (TPSA) is 24.9 Å². The first-order chi connectivity index (χ1) is 9.13. The zero-order valence-electron chi connectivity index (χ0n) is 10.9. The summed E-state index contributed by atoms with van der Waals surface area (Å²) < 4.78 is 0. The maximum Gasteiger partial charge on any atom is 0.0862 e. The van der Waals surface area contributed by atoms with Crippen LogP contribution in [-0.4, -0.2) is 11.5 Å². The molecule has 0 saturated carbocycles. The lowest BCUT2D eigenvalue weighted by atomic mass is 10.1. The molecular weight excluding hydrogens is 299 g/mol. The molecule has 0 aliphatic carbocycles. The van der Waals surface area contributed by atoms with E-state index in [1.807, 2.05) is 0 Å². The summed E-state index contributed by atoms with van der Waals surface area (Å²) in [6.07, 6.45) is 2.71. The number of aromatic nitrogens is 1. The number of halogens is 2. The van der Waals surface area contributed by atoms with Gasteiger partial charge >= 0.3 is 0 Å². The van der Waals surface area contributed by atoms with Crippen LogP contribution in [0.5, 0.6) is 0 Å². The Labute approximate surface area is 127 Å². The molecule has 5 heteroatoms. The summed E-state index contributed by atoms with van der Waals surface area (Å²) >= 11 is 13.9. The predicted octanol–water partition coefficient (Wildman–Crippen LogP) is 4.85. The molecule has 2 aromatic rings. The van der Waals surface area contributed by atoms with Crippen molar-refractivity contribution in [2.45, 2.75) is 26.3 Å². The van der Waals surface area contributed by atoms with Gasteiger partial charge in [-0.3, -0.25) is 4.98 Å². The van der Waals surface area contributed by atoms with Crippen molar-refractivity contribution in [3.63, 3.8) is 0 Å². The van der Waals surface area contributed by atoms with E-state index >= 15 is 0 Å². The minimum atomic E-state index is 0.0321. The van der Waals surface area contributed by atoms with E-state index in [1.165, 1.54) is 10.4 Å². The fourth-order valence-electron chi connectivity index (χ4n) is 1.92. The Morgan fingerprint density at radius 3 is 2.79 bits per heavy atom. The normalized spacial score (nSPS) is 12.6. The van der Waals surface area contributed by atoms with Crippen molar-refractivity contribution in [1.82, 2.24) is 10.3 Å². The molecule has 0 saturated heterocycles. The second-order valence-corrected chi connectivity index (χ2v) is 6.17. The molecule has 1 unspecified atom stereocenters. The summed E-state index contributed by atoms with van der Waals surface area (Å²) in [7, 11) is 0. The highest BCUT2D eigenvalue weighted by Gasteiger charge is 2.20. The van der Waals surface area contributed by atoms with Crippen LogP contribution in [0.25, 0.3) is 0 Å². The summed E-state index contributed by atoms with van der Waals surface area (Å²) in [6.45, 7) is 5.17. The number of hydrogen-bond donors (Lipinski definition) is 1. The zero-order valence-corrected chi connectivity index (χ0v) is 13.2. The second kappa shape index (κ2) is 6.71. The number of aryl methyl sites for hydroxylation is 1. The van der Waals surface area contributed by atoms with Crippen molar-refractivity contribution in [3.8, 4) is 0 Å². The van der Waals surface area contributed by atoms with Gasteiger partial charge in [-0.25, -0.2) is 0 Å². The Morgan fingerprint density at radius 1 is 1.42 bits per heavy atom. The minimum Gasteiger partial charge on any atom is -0.304 e. The van der Waals surface area contributed by atoms with E-state index in [0.29, 0.717) is 10.0 Å². The highest BCUT2D eigenvalue weighted by molar-refractivity contribution is 7.10. The fourth-order valence-corrected chi connectivity index (χ4v) is 3.41. The van der Waals surface area contributed by atoms with Gasteiger partial charge in [0.1, 0.15) is 0 Å². The molecule has 0 aromatic carbocycles. The van der Waals surface area contributed by atoms with Gasteiger partial charge in [-0.2, -0.15) is 0 Å². The molecule has 2 aromatic heterocycles. The number of nitrogens with one attached hydrogen (secondary N) is 1. The van der Waals surface area contributed by atoms with Crippen molar-refractivity contribution in [2.75, 3.05) is 6.54 Å².